The predicted molar refractivity (Wildman–Crippen MR) is 67.0 cm³/mol. The second kappa shape index (κ2) is 5.94. The van der Waals surface area contributed by atoms with Crippen LogP contribution in [-0.2, 0) is 0 Å². The largest absolute Gasteiger partial charge is 0.327 e. The highest BCUT2D eigenvalue weighted by Gasteiger charge is 2.17. The molecule has 80 valence electrons. The Hall–Kier alpha value is -0.790. The summed E-state index contributed by atoms with van der Waals surface area (Å²) in [6.45, 7) is 3.10. The Bertz CT molecular complexity index is 380. The Labute approximate surface area is 102 Å². The molecule has 0 saturated carbocycles. The first-order valence-corrected chi connectivity index (χ1v) is 6.33. The monoisotopic (exact) mass is 285 g/mol. The van der Waals surface area contributed by atoms with Crippen molar-refractivity contribution < 1.29 is 4.79 Å². The fourth-order valence-electron chi connectivity index (χ4n) is 1.22. The number of amides is 1. The number of nitrogens with zero attached hydrogens (tertiary/aromatic N) is 1. The van der Waals surface area contributed by atoms with Crippen molar-refractivity contribution in [2.24, 2.45) is 0 Å². The molecule has 0 aromatic carbocycles. The molecule has 15 heavy (non-hydrogen) atoms. The van der Waals surface area contributed by atoms with Crippen LogP contribution >= 0.6 is 27.3 Å². The van der Waals surface area contributed by atoms with Gasteiger partial charge in [0.05, 0.1) is 6.54 Å². The summed E-state index contributed by atoms with van der Waals surface area (Å²) in [5, 5.41) is 1.89. The Kier molecular flexibility index (Phi) is 4.86. The van der Waals surface area contributed by atoms with Gasteiger partial charge in [0.25, 0.3) is 5.91 Å². The van der Waals surface area contributed by atoms with Gasteiger partial charge in [0.1, 0.15) is 4.88 Å². The summed E-state index contributed by atoms with van der Waals surface area (Å²) >= 11 is 4.78. The third-order valence-corrected chi connectivity index (χ3v) is 3.70. The lowest BCUT2D eigenvalue weighted by Gasteiger charge is -2.18. The van der Waals surface area contributed by atoms with E-state index in [1.807, 2.05) is 18.4 Å². The standard InChI is InChI=1S/C11H12BrNOS/c1-3-6-13(7-4-2)11(14)10-9(12)5-8-15-10/h1,5,8H,4,6-7H2,2H3. The molecule has 0 unspecified atom stereocenters. The molecule has 0 N–H and O–H groups in total. The van der Waals surface area contributed by atoms with Crippen LogP contribution in [0.5, 0.6) is 0 Å². The molecule has 0 saturated heterocycles. The van der Waals surface area contributed by atoms with Crippen molar-refractivity contribution in [1.82, 2.24) is 4.90 Å². The summed E-state index contributed by atoms with van der Waals surface area (Å²) in [6.07, 6.45) is 6.15. The highest BCUT2D eigenvalue weighted by atomic mass is 79.9. The lowest BCUT2D eigenvalue weighted by atomic mass is 10.3. The molecule has 1 rings (SSSR count). The van der Waals surface area contributed by atoms with E-state index in [0.29, 0.717) is 13.1 Å². The van der Waals surface area contributed by atoms with E-state index in [-0.39, 0.29) is 5.91 Å². The SMILES string of the molecule is C#CCN(CCC)C(=O)c1sccc1Br. The number of hydrogen-bond acceptors (Lipinski definition) is 2. The van der Waals surface area contributed by atoms with Crippen molar-refractivity contribution in [3.63, 3.8) is 0 Å². The molecular weight excluding hydrogens is 274 g/mol. The molecule has 1 aromatic rings. The van der Waals surface area contributed by atoms with Gasteiger partial charge in [0.2, 0.25) is 0 Å². The number of carbonyl (C=O) groups is 1. The molecule has 1 aromatic heterocycles. The fraction of sp³-hybridized carbons (Fsp3) is 0.364. The Morgan fingerprint density at radius 2 is 2.47 bits per heavy atom. The van der Waals surface area contributed by atoms with E-state index in [1.54, 1.807) is 4.90 Å². The zero-order valence-corrected chi connectivity index (χ0v) is 10.9. The molecular formula is C11H12BrNOS. The van der Waals surface area contributed by atoms with Crippen LogP contribution in [0, 0.1) is 12.3 Å². The van der Waals surface area contributed by atoms with E-state index in [0.717, 1.165) is 15.8 Å². The molecule has 0 bridgehead atoms. The molecule has 0 atom stereocenters. The van der Waals surface area contributed by atoms with Crippen molar-refractivity contribution in [1.29, 1.82) is 0 Å². The van der Waals surface area contributed by atoms with Crippen molar-refractivity contribution in [2.75, 3.05) is 13.1 Å². The smallest absolute Gasteiger partial charge is 0.265 e. The maximum atomic E-state index is 12.0. The van der Waals surface area contributed by atoms with Gasteiger partial charge in [-0.25, -0.2) is 0 Å². The molecule has 0 aliphatic rings. The average Bonchev–Trinajstić information content (AvgIpc) is 2.63. The first kappa shape index (κ1) is 12.3. The van der Waals surface area contributed by atoms with E-state index in [2.05, 4.69) is 21.9 Å². The minimum Gasteiger partial charge on any atom is -0.327 e. The quantitative estimate of drug-likeness (QED) is 0.779. The highest BCUT2D eigenvalue weighted by Crippen LogP contribution is 2.24. The van der Waals surface area contributed by atoms with Gasteiger partial charge < -0.3 is 4.90 Å². The van der Waals surface area contributed by atoms with E-state index in [4.69, 9.17) is 6.42 Å². The second-order valence-electron chi connectivity index (χ2n) is 3.03. The fourth-order valence-corrected chi connectivity index (χ4v) is 2.73. The molecule has 1 amide bonds. The Morgan fingerprint density at radius 3 is 2.93 bits per heavy atom. The van der Waals surface area contributed by atoms with Crippen LogP contribution in [-0.4, -0.2) is 23.9 Å². The van der Waals surface area contributed by atoms with Gasteiger partial charge in [-0.15, -0.1) is 17.8 Å². The molecule has 0 radical (unpaired) electrons. The van der Waals surface area contributed by atoms with Crippen molar-refractivity contribution in [3.05, 3.63) is 20.8 Å². The molecule has 0 aliphatic carbocycles. The van der Waals surface area contributed by atoms with Gasteiger partial charge >= 0.3 is 0 Å². The van der Waals surface area contributed by atoms with E-state index in [1.165, 1.54) is 11.3 Å². The summed E-state index contributed by atoms with van der Waals surface area (Å²) < 4.78 is 0.843. The van der Waals surface area contributed by atoms with Gasteiger partial charge in [-0.05, 0) is 33.8 Å². The number of terminal acetylenes is 1. The maximum Gasteiger partial charge on any atom is 0.265 e. The summed E-state index contributed by atoms with van der Waals surface area (Å²) in [4.78, 5) is 14.4. The van der Waals surface area contributed by atoms with E-state index >= 15 is 0 Å². The summed E-state index contributed by atoms with van der Waals surface area (Å²) in [5.74, 6) is 2.52. The maximum absolute atomic E-state index is 12.0. The van der Waals surface area contributed by atoms with Gasteiger partial charge in [-0.2, -0.15) is 0 Å². The molecule has 0 spiro atoms. The zero-order chi connectivity index (χ0) is 11.3. The number of halogens is 1. The van der Waals surface area contributed by atoms with Gasteiger partial charge in [0.15, 0.2) is 0 Å². The molecule has 0 fully saturated rings. The number of carbonyl (C=O) groups excluding carboxylic acids is 1. The second-order valence-corrected chi connectivity index (χ2v) is 4.80. The van der Waals surface area contributed by atoms with Crippen LogP contribution in [0.15, 0.2) is 15.9 Å². The topological polar surface area (TPSA) is 20.3 Å². The number of thiophene rings is 1. The van der Waals surface area contributed by atoms with Gasteiger partial charge in [-0.1, -0.05) is 12.8 Å². The third-order valence-electron chi connectivity index (χ3n) is 1.87. The van der Waals surface area contributed by atoms with E-state index in [9.17, 15) is 4.79 Å². The zero-order valence-electron chi connectivity index (χ0n) is 8.50. The molecule has 4 heteroatoms. The van der Waals surface area contributed by atoms with Crippen molar-refractivity contribution in [3.8, 4) is 12.3 Å². The van der Waals surface area contributed by atoms with Crippen LogP contribution in [0.4, 0.5) is 0 Å². The third kappa shape index (κ3) is 3.08. The lowest BCUT2D eigenvalue weighted by molar-refractivity contribution is 0.0781. The van der Waals surface area contributed by atoms with E-state index < -0.39 is 0 Å². The number of rotatable bonds is 4. The Balaban J connectivity index is 2.81. The minimum absolute atomic E-state index is 0.0108. The van der Waals surface area contributed by atoms with Crippen LogP contribution in [0.25, 0.3) is 0 Å². The predicted octanol–water partition coefficient (Wildman–Crippen LogP) is 3.00. The summed E-state index contributed by atoms with van der Waals surface area (Å²) in [5.41, 5.74) is 0. The molecule has 2 nitrogen and oxygen atoms in total. The van der Waals surface area contributed by atoms with Crippen LogP contribution in [0.3, 0.4) is 0 Å². The van der Waals surface area contributed by atoms with Gasteiger partial charge in [-0.3, -0.25) is 4.79 Å². The average molecular weight is 286 g/mol. The van der Waals surface area contributed by atoms with Crippen molar-refractivity contribution in [2.45, 2.75) is 13.3 Å². The highest BCUT2D eigenvalue weighted by molar-refractivity contribution is 9.10. The first-order chi connectivity index (χ1) is 7.20. The van der Waals surface area contributed by atoms with Gasteiger partial charge in [0, 0.05) is 11.0 Å². The van der Waals surface area contributed by atoms with Crippen molar-refractivity contribution >= 4 is 33.2 Å². The molecule has 1 heterocycles. The Morgan fingerprint density at radius 1 is 1.73 bits per heavy atom. The normalized spacial score (nSPS) is 9.67. The molecule has 0 aliphatic heterocycles. The van der Waals surface area contributed by atoms with Crippen LogP contribution in [0.1, 0.15) is 23.0 Å². The lowest BCUT2D eigenvalue weighted by Crippen LogP contribution is -2.31. The summed E-state index contributed by atoms with van der Waals surface area (Å²) in [7, 11) is 0. The first-order valence-electron chi connectivity index (χ1n) is 4.66. The minimum atomic E-state index is 0.0108. The summed E-state index contributed by atoms with van der Waals surface area (Å²) in [6, 6.07) is 1.87. The number of hydrogen-bond donors (Lipinski definition) is 0. The van der Waals surface area contributed by atoms with Crippen LogP contribution < -0.4 is 0 Å². The van der Waals surface area contributed by atoms with Crippen LogP contribution in [0.2, 0.25) is 0 Å².